The van der Waals surface area contributed by atoms with Crippen molar-refractivity contribution >= 4 is 33.2 Å². The van der Waals surface area contributed by atoms with Gasteiger partial charge in [0.2, 0.25) is 16.0 Å². The third-order valence-corrected chi connectivity index (χ3v) is 7.20. The van der Waals surface area contributed by atoms with Gasteiger partial charge in [0.05, 0.1) is 6.54 Å². The molecule has 0 aliphatic carbocycles. The molecule has 0 unspecified atom stereocenters. The third-order valence-electron chi connectivity index (χ3n) is 6.17. The van der Waals surface area contributed by atoms with Gasteiger partial charge in [-0.05, 0) is 51.6 Å². The van der Waals surface area contributed by atoms with Gasteiger partial charge in [-0.1, -0.05) is 18.3 Å². The lowest BCUT2D eigenvalue weighted by Gasteiger charge is -2.33. The fourth-order valence-electron chi connectivity index (χ4n) is 4.19. The van der Waals surface area contributed by atoms with Crippen molar-refractivity contribution in [3.63, 3.8) is 0 Å². The van der Waals surface area contributed by atoms with Crippen molar-refractivity contribution in [2.75, 3.05) is 69.6 Å². The van der Waals surface area contributed by atoms with Gasteiger partial charge in [-0.2, -0.15) is 4.52 Å². The number of halogens is 1. The van der Waals surface area contributed by atoms with Crippen LogP contribution >= 0.6 is 11.3 Å². The highest BCUT2D eigenvalue weighted by molar-refractivity contribution is 7.20. The van der Waals surface area contributed by atoms with Crippen LogP contribution in [0.3, 0.4) is 0 Å². The Hall–Kier alpha value is -2.76. The van der Waals surface area contributed by atoms with Crippen LogP contribution in [0.1, 0.15) is 27.7 Å². The molecular weight excluding hydrogens is 479 g/mol. The van der Waals surface area contributed by atoms with Gasteiger partial charge in [0.1, 0.15) is 11.5 Å². The first kappa shape index (κ1) is 26.3. The van der Waals surface area contributed by atoms with Crippen LogP contribution in [0.25, 0.3) is 16.2 Å². The number of nitrogens with zero attached hydrogens (tertiary/aromatic N) is 6. The molecule has 1 aromatic carbocycles. The van der Waals surface area contributed by atoms with Crippen LogP contribution in [0.15, 0.2) is 24.3 Å². The van der Waals surface area contributed by atoms with Crippen molar-refractivity contribution in [1.29, 1.82) is 0 Å². The third kappa shape index (κ3) is 6.51. The van der Waals surface area contributed by atoms with E-state index in [2.05, 4.69) is 48.1 Å². The average molecular weight is 517 g/mol. The number of benzene rings is 1. The summed E-state index contributed by atoms with van der Waals surface area (Å²) in [5.74, 6) is 0.426. The molecule has 0 spiro atoms. The molecule has 9 nitrogen and oxygen atoms in total. The highest BCUT2D eigenvalue weighted by atomic mass is 32.1. The largest absolute Gasteiger partial charge is 0.364 e. The molecule has 3 aromatic rings. The molecule has 1 fully saturated rings. The fraction of sp³-hybridized carbons (Fsp3) is 0.560. The molecule has 2 N–H and O–H groups in total. The highest BCUT2D eigenvalue weighted by Gasteiger charge is 2.23. The van der Waals surface area contributed by atoms with E-state index < -0.39 is 0 Å². The number of anilines is 2. The maximum absolute atomic E-state index is 13.5. The number of hydrogen-bond donors (Lipinski definition) is 2. The normalized spacial score (nSPS) is 15.4. The molecule has 0 atom stereocenters. The lowest BCUT2D eigenvalue weighted by Crippen LogP contribution is -2.48. The lowest BCUT2D eigenvalue weighted by atomic mass is 10.1. The summed E-state index contributed by atoms with van der Waals surface area (Å²) < 4.78 is 15.2. The molecule has 196 valence electrons. The summed E-state index contributed by atoms with van der Waals surface area (Å²) >= 11 is 1.41. The first-order valence-electron chi connectivity index (χ1n) is 12.5. The summed E-state index contributed by atoms with van der Waals surface area (Å²) in [4.78, 5) is 24.7. The topological polar surface area (TPSA) is 81.0 Å². The van der Waals surface area contributed by atoms with Gasteiger partial charge in [-0.15, -0.1) is 5.10 Å². The van der Waals surface area contributed by atoms with Crippen LogP contribution in [-0.2, 0) is 4.79 Å². The number of rotatable bonds is 9. The van der Waals surface area contributed by atoms with Gasteiger partial charge < -0.3 is 20.4 Å². The van der Waals surface area contributed by atoms with Crippen molar-refractivity contribution < 1.29 is 9.18 Å². The number of piperazine rings is 1. The number of fused-ring (bicyclic) bond motifs is 1. The maximum Gasteiger partial charge on any atom is 0.239 e. The van der Waals surface area contributed by atoms with Crippen LogP contribution < -0.4 is 15.5 Å². The van der Waals surface area contributed by atoms with E-state index in [0.717, 1.165) is 56.3 Å². The van der Waals surface area contributed by atoms with Crippen LogP contribution in [0, 0.1) is 5.82 Å². The van der Waals surface area contributed by atoms with Gasteiger partial charge in [0, 0.05) is 57.4 Å². The Morgan fingerprint density at radius 2 is 1.81 bits per heavy atom. The Morgan fingerprint density at radius 3 is 2.44 bits per heavy atom. The number of likely N-dealkylation sites (N-methyl/N-ethyl adjacent to an activating group) is 2. The summed E-state index contributed by atoms with van der Waals surface area (Å²) in [7, 11) is 1.86. The molecule has 1 amide bonds. The number of amides is 1. The van der Waals surface area contributed by atoms with Gasteiger partial charge in [0.15, 0.2) is 5.82 Å². The number of aromatic nitrogens is 3. The quantitative estimate of drug-likeness (QED) is 0.453. The summed E-state index contributed by atoms with van der Waals surface area (Å²) in [6.45, 7) is 15.5. The first-order valence-corrected chi connectivity index (χ1v) is 13.3. The lowest BCUT2D eigenvalue weighted by molar-refractivity contribution is -0.119. The number of hydrogen-bond acceptors (Lipinski definition) is 8. The van der Waals surface area contributed by atoms with E-state index in [9.17, 15) is 9.18 Å². The van der Waals surface area contributed by atoms with E-state index in [4.69, 9.17) is 10.1 Å². The molecular formula is C25H37FN8OS. The minimum Gasteiger partial charge on any atom is -0.364 e. The van der Waals surface area contributed by atoms with Crippen LogP contribution in [0.4, 0.5) is 15.3 Å². The SMILES string of the molecule is CCN1CCN(CCNC(=O)CN(C)c2nn3c(NC(C)(C)C)c(-c4ccc(F)cc4)nc3s2)CC1. The zero-order valence-corrected chi connectivity index (χ0v) is 22.7. The van der Waals surface area contributed by atoms with E-state index in [1.54, 1.807) is 16.6 Å². The minimum atomic E-state index is -0.288. The number of imidazole rings is 1. The molecule has 0 saturated carbocycles. The predicted octanol–water partition coefficient (Wildman–Crippen LogP) is 3.00. The smallest absolute Gasteiger partial charge is 0.239 e. The molecule has 36 heavy (non-hydrogen) atoms. The average Bonchev–Trinajstić information content (AvgIpc) is 3.39. The number of carbonyl (C=O) groups excluding carboxylic acids is 1. The molecule has 1 aliphatic heterocycles. The van der Waals surface area contributed by atoms with E-state index in [-0.39, 0.29) is 23.8 Å². The van der Waals surface area contributed by atoms with Gasteiger partial charge in [-0.3, -0.25) is 9.69 Å². The standard InChI is InChI=1S/C25H37FN8OS/c1-6-32-13-15-33(16-14-32)12-11-27-20(35)17-31(5)24-30-34-22(29-25(2,3)4)21(28-23(34)36-24)18-7-9-19(26)10-8-18/h7-10,29H,6,11-17H2,1-5H3,(H,27,35). The molecule has 2 aromatic heterocycles. The Bertz CT molecular complexity index is 1160. The molecule has 11 heteroatoms. The second-order valence-electron chi connectivity index (χ2n) is 10.3. The molecule has 1 saturated heterocycles. The Balaban J connectivity index is 1.40. The summed E-state index contributed by atoms with van der Waals surface area (Å²) in [5.41, 5.74) is 1.30. The van der Waals surface area contributed by atoms with E-state index >= 15 is 0 Å². The molecule has 0 radical (unpaired) electrons. The second-order valence-corrected chi connectivity index (χ2v) is 11.2. The van der Waals surface area contributed by atoms with Crippen molar-refractivity contribution in [1.82, 2.24) is 29.7 Å². The zero-order chi connectivity index (χ0) is 25.9. The monoisotopic (exact) mass is 516 g/mol. The van der Waals surface area contributed by atoms with E-state index in [1.807, 2.05) is 11.9 Å². The van der Waals surface area contributed by atoms with Crippen molar-refractivity contribution in [2.45, 2.75) is 33.2 Å². The van der Waals surface area contributed by atoms with Gasteiger partial charge in [0.25, 0.3) is 0 Å². The summed E-state index contributed by atoms with van der Waals surface area (Å²) in [5, 5.41) is 12.0. The number of nitrogens with one attached hydrogen (secondary N) is 2. The Morgan fingerprint density at radius 1 is 1.14 bits per heavy atom. The van der Waals surface area contributed by atoms with Crippen LogP contribution in [0.2, 0.25) is 0 Å². The maximum atomic E-state index is 13.5. The second kappa shape index (κ2) is 11.1. The predicted molar refractivity (Wildman–Crippen MR) is 144 cm³/mol. The summed E-state index contributed by atoms with van der Waals surface area (Å²) in [6.07, 6.45) is 0. The van der Waals surface area contributed by atoms with Crippen molar-refractivity contribution in [3.05, 3.63) is 30.1 Å². The molecule has 0 bridgehead atoms. The Kier molecular flexibility index (Phi) is 8.11. The Labute approximate surface area is 216 Å². The van der Waals surface area contributed by atoms with Crippen molar-refractivity contribution in [2.24, 2.45) is 0 Å². The minimum absolute atomic E-state index is 0.0300. The molecule has 4 rings (SSSR count). The van der Waals surface area contributed by atoms with Crippen LogP contribution in [-0.4, -0.2) is 95.2 Å². The number of carbonyl (C=O) groups is 1. The van der Waals surface area contributed by atoms with Gasteiger partial charge in [-0.25, -0.2) is 9.37 Å². The zero-order valence-electron chi connectivity index (χ0n) is 21.8. The highest BCUT2D eigenvalue weighted by Crippen LogP contribution is 2.34. The molecule has 3 heterocycles. The van der Waals surface area contributed by atoms with Gasteiger partial charge >= 0.3 is 0 Å². The fourth-order valence-corrected chi connectivity index (χ4v) is 5.05. The first-order chi connectivity index (χ1) is 17.1. The van der Waals surface area contributed by atoms with Crippen molar-refractivity contribution in [3.8, 4) is 11.3 Å². The summed E-state index contributed by atoms with van der Waals surface area (Å²) in [6, 6.07) is 6.30. The van der Waals surface area contributed by atoms with E-state index in [0.29, 0.717) is 16.6 Å². The molecule has 1 aliphatic rings. The van der Waals surface area contributed by atoms with Crippen LogP contribution in [0.5, 0.6) is 0 Å². The van der Waals surface area contributed by atoms with E-state index in [1.165, 1.54) is 23.5 Å².